The van der Waals surface area contributed by atoms with Crippen LogP contribution in [0, 0.1) is 0 Å². The van der Waals surface area contributed by atoms with Crippen molar-refractivity contribution < 1.29 is 13.5 Å². The van der Waals surface area contributed by atoms with Crippen molar-refractivity contribution in [3.05, 3.63) is 35.9 Å². The van der Waals surface area contributed by atoms with Crippen LogP contribution in [-0.4, -0.2) is 25.9 Å². The largest absolute Gasteiger partial charge is 0.395 e. The minimum atomic E-state index is -3.23. The molecule has 0 aromatic heterocycles. The van der Waals surface area contributed by atoms with Crippen molar-refractivity contribution in [2.24, 2.45) is 0 Å². The van der Waals surface area contributed by atoms with Crippen LogP contribution in [0.15, 0.2) is 30.3 Å². The summed E-state index contributed by atoms with van der Waals surface area (Å²) in [4.78, 5) is 0. The normalized spacial score (nSPS) is 13.7. The summed E-state index contributed by atoms with van der Waals surface area (Å²) < 4.78 is 23.6. The molecule has 0 aliphatic heterocycles. The van der Waals surface area contributed by atoms with Gasteiger partial charge in [-0.25, -0.2) is 8.42 Å². The Morgan fingerprint density at radius 2 is 1.87 bits per heavy atom. The summed E-state index contributed by atoms with van der Waals surface area (Å²) in [6.45, 7) is 1.53. The zero-order chi connectivity index (χ0) is 11.3. The van der Waals surface area contributed by atoms with Gasteiger partial charge in [-0.2, -0.15) is 0 Å². The van der Waals surface area contributed by atoms with Gasteiger partial charge in [0, 0.05) is 0 Å². The second-order valence-corrected chi connectivity index (χ2v) is 5.70. The van der Waals surface area contributed by atoms with E-state index in [9.17, 15) is 8.42 Å². The van der Waals surface area contributed by atoms with Gasteiger partial charge in [-0.1, -0.05) is 37.3 Å². The molecule has 3 nitrogen and oxygen atoms in total. The van der Waals surface area contributed by atoms with E-state index in [4.69, 9.17) is 5.11 Å². The lowest BCUT2D eigenvalue weighted by Crippen LogP contribution is -2.18. The summed E-state index contributed by atoms with van der Waals surface area (Å²) in [6.07, 6.45) is 0.534. The van der Waals surface area contributed by atoms with Crippen LogP contribution in [0.4, 0.5) is 0 Å². The van der Waals surface area contributed by atoms with Gasteiger partial charge in [0.25, 0.3) is 0 Å². The first-order chi connectivity index (χ1) is 7.11. The van der Waals surface area contributed by atoms with E-state index in [-0.39, 0.29) is 12.4 Å². The van der Waals surface area contributed by atoms with E-state index in [0.29, 0.717) is 6.42 Å². The van der Waals surface area contributed by atoms with Crippen LogP contribution in [-0.2, 0) is 9.84 Å². The molecular weight excluding hydrogens is 212 g/mol. The maximum absolute atomic E-state index is 11.8. The highest BCUT2D eigenvalue weighted by Crippen LogP contribution is 2.25. The highest BCUT2D eigenvalue weighted by Gasteiger charge is 2.24. The standard InChI is InChI=1S/C11H16O3S/c1-2-11(15(13,14)9-8-12)10-6-4-3-5-7-10/h3-7,11-12H,2,8-9H2,1H3/t11-/m0/s1. The summed E-state index contributed by atoms with van der Waals surface area (Å²) in [5, 5.41) is 8.22. The number of aliphatic hydroxyl groups is 1. The highest BCUT2D eigenvalue weighted by molar-refractivity contribution is 7.91. The van der Waals surface area contributed by atoms with Crippen LogP contribution in [0.5, 0.6) is 0 Å². The second-order valence-electron chi connectivity index (χ2n) is 3.40. The van der Waals surface area contributed by atoms with Gasteiger partial charge in [-0.15, -0.1) is 0 Å². The SMILES string of the molecule is CC[C@@H](c1ccccc1)S(=O)(=O)CCO. The van der Waals surface area contributed by atoms with Gasteiger partial charge in [0.05, 0.1) is 17.6 Å². The van der Waals surface area contributed by atoms with Gasteiger partial charge < -0.3 is 5.11 Å². The zero-order valence-corrected chi connectivity index (χ0v) is 9.57. The van der Waals surface area contributed by atoms with Crippen LogP contribution in [0.2, 0.25) is 0 Å². The van der Waals surface area contributed by atoms with Crippen molar-refractivity contribution in [2.75, 3.05) is 12.4 Å². The molecule has 0 fully saturated rings. The van der Waals surface area contributed by atoms with Crippen LogP contribution in [0.1, 0.15) is 24.2 Å². The highest BCUT2D eigenvalue weighted by atomic mass is 32.2. The topological polar surface area (TPSA) is 54.4 Å². The molecule has 0 saturated carbocycles. The van der Waals surface area contributed by atoms with Crippen molar-refractivity contribution in [3.8, 4) is 0 Å². The molecule has 1 atom stereocenters. The van der Waals surface area contributed by atoms with E-state index in [1.54, 1.807) is 0 Å². The minimum Gasteiger partial charge on any atom is -0.395 e. The molecule has 4 heteroatoms. The zero-order valence-electron chi connectivity index (χ0n) is 8.76. The molecule has 0 bridgehead atoms. The number of hydrogen-bond acceptors (Lipinski definition) is 3. The molecule has 0 aliphatic rings. The van der Waals surface area contributed by atoms with Gasteiger partial charge in [-0.3, -0.25) is 0 Å². The summed E-state index contributed by atoms with van der Waals surface area (Å²) in [5.41, 5.74) is 0.799. The molecule has 1 aromatic rings. The Morgan fingerprint density at radius 3 is 2.33 bits per heavy atom. The second kappa shape index (κ2) is 5.28. The fourth-order valence-corrected chi connectivity index (χ4v) is 3.25. The first-order valence-electron chi connectivity index (χ1n) is 4.99. The summed E-state index contributed by atoms with van der Waals surface area (Å²) in [6, 6.07) is 9.12. The summed E-state index contributed by atoms with van der Waals surface area (Å²) in [7, 11) is -3.23. The van der Waals surface area contributed by atoms with Gasteiger partial charge in [0.2, 0.25) is 0 Å². The maximum Gasteiger partial charge on any atom is 0.159 e. The molecule has 0 saturated heterocycles. The smallest absolute Gasteiger partial charge is 0.159 e. The summed E-state index contributed by atoms with van der Waals surface area (Å²) >= 11 is 0. The third-order valence-corrected chi connectivity index (χ3v) is 4.58. The number of sulfone groups is 1. The van der Waals surface area contributed by atoms with E-state index < -0.39 is 15.1 Å². The van der Waals surface area contributed by atoms with E-state index in [1.165, 1.54) is 0 Å². The van der Waals surface area contributed by atoms with Gasteiger partial charge >= 0.3 is 0 Å². The van der Waals surface area contributed by atoms with Gasteiger partial charge in [0.1, 0.15) is 0 Å². The fraction of sp³-hybridized carbons (Fsp3) is 0.455. The number of hydrogen-bond donors (Lipinski definition) is 1. The Labute approximate surface area is 90.7 Å². The third-order valence-electron chi connectivity index (χ3n) is 2.35. The average molecular weight is 228 g/mol. The number of benzene rings is 1. The lowest BCUT2D eigenvalue weighted by Gasteiger charge is -2.15. The van der Waals surface area contributed by atoms with Crippen molar-refractivity contribution >= 4 is 9.84 Å². The van der Waals surface area contributed by atoms with E-state index in [1.807, 2.05) is 37.3 Å². The predicted octanol–water partition coefficient (Wildman–Crippen LogP) is 1.54. The molecular formula is C11H16O3S. The molecule has 0 spiro atoms. The lowest BCUT2D eigenvalue weighted by molar-refractivity contribution is 0.319. The molecule has 0 unspecified atom stereocenters. The van der Waals surface area contributed by atoms with Crippen molar-refractivity contribution in [2.45, 2.75) is 18.6 Å². The molecule has 84 valence electrons. The predicted molar refractivity (Wildman–Crippen MR) is 60.3 cm³/mol. The van der Waals surface area contributed by atoms with E-state index >= 15 is 0 Å². The van der Waals surface area contributed by atoms with Gasteiger partial charge in [-0.05, 0) is 12.0 Å². The fourth-order valence-electron chi connectivity index (χ4n) is 1.63. The van der Waals surface area contributed by atoms with Crippen molar-refractivity contribution in [1.29, 1.82) is 0 Å². The minimum absolute atomic E-state index is 0.166. The molecule has 0 aliphatic carbocycles. The Bertz CT molecular complexity index is 384. The van der Waals surface area contributed by atoms with E-state index in [2.05, 4.69) is 0 Å². The van der Waals surface area contributed by atoms with Crippen LogP contribution in [0.3, 0.4) is 0 Å². The number of aliphatic hydroxyl groups excluding tert-OH is 1. The first-order valence-corrected chi connectivity index (χ1v) is 6.70. The molecule has 15 heavy (non-hydrogen) atoms. The quantitative estimate of drug-likeness (QED) is 0.831. The van der Waals surface area contributed by atoms with Crippen LogP contribution < -0.4 is 0 Å². The average Bonchev–Trinajstić information content (AvgIpc) is 2.19. The molecule has 1 N–H and O–H groups in total. The first kappa shape index (κ1) is 12.2. The molecule has 0 heterocycles. The molecule has 1 aromatic carbocycles. The Kier molecular flexibility index (Phi) is 4.29. The Balaban J connectivity index is 3.00. The van der Waals surface area contributed by atoms with Crippen molar-refractivity contribution in [3.63, 3.8) is 0 Å². The Hall–Kier alpha value is -0.870. The third kappa shape index (κ3) is 3.04. The maximum atomic E-state index is 11.8. The molecule has 1 rings (SSSR count). The summed E-state index contributed by atoms with van der Waals surface area (Å²) in [5.74, 6) is -0.166. The van der Waals surface area contributed by atoms with Crippen LogP contribution in [0.25, 0.3) is 0 Å². The molecule has 0 amide bonds. The van der Waals surface area contributed by atoms with Gasteiger partial charge in [0.15, 0.2) is 9.84 Å². The monoisotopic (exact) mass is 228 g/mol. The van der Waals surface area contributed by atoms with Crippen LogP contribution >= 0.6 is 0 Å². The van der Waals surface area contributed by atoms with E-state index in [0.717, 1.165) is 5.56 Å². The van der Waals surface area contributed by atoms with Crippen molar-refractivity contribution in [1.82, 2.24) is 0 Å². The number of rotatable bonds is 5. The Morgan fingerprint density at radius 1 is 1.27 bits per heavy atom. The lowest BCUT2D eigenvalue weighted by atomic mass is 10.1. The molecule has 0 radical (unpaired) electrons.